The van der Waals surface area contributed by atoms with Crippen LogP contribution in [0.2, 0.25) is 0 Å². The summed E-state index contributed by atoms with van der Waals surface area (Å²) < 4.78 is 6.46. The molecule has 8 heteroatoms. The van der Waals surface area contributed by atoms with E-state index in [1.807, 2.05) is 41.3 Å². The molecule has 0 spiro atoms. The molecule has 1 aliphatic rings. The number of halogens is 1. The van der Waals surface area contributed by atoms with Crippen LogP contribution in [0.3, 0.4) is 0 Å². The van der Waals surface area contributed by atoms with Gasteiger partial charge in [-0.2, -0.15) is 4.98 Å². The van der Waals surface area contributed by atoms with Crippen LogP contribution in [0.25, 0.3) is 11.4 Å². The number of hydrogen-bond donors (Lipinski definition) is 1. The van der Waals surface area contributed by atoms with Gasteiger partial charge in [-0.3, -0.25) is 9.59 Å². The molecule has 1 aliphatic heterocycles. The first-order chi connectivity index (χ1) is 14.5. The Morgan fingerprint density at radius 2 is 1.73 bits per heavy atom. The molecule has 1 N–H and O–H groups in total. The van der Waals surface area contributed by atoms with Crippen LogP contribution in [-0.2, 0) is 4.79 Å². The molecule has 3 aromatic rings. The van der Waals surface area contributed by atoms with Crippen molar-refractivity contribution in [1.29, 1.82) is 0 Å². The van der Waals surface area contributed by atoms with Crippen molar-refractivity contribution in [3.05, 3.63) is 64.5 Å². The Hall–Kier alpha value is -3.00. The molecule has 2 aromatic carbocycles. The zero-order valence-corrected chi connectivity index (χ0v) is 18.1. The van der Waals surface area contributed by atoms with Gasteiger partial charge in [-0.1, -0.05) is 21.1 Å². The Morgan fingerprint density at radius 1 is 1.07 bits per heavy atom. The fourth-order valence-electron chi connectivity index (χ4n) is 3.53. The van der Waals surface area contributed by atoms with E-state index >= 15 is 0 Å². The van der Waals surface area contributed by atoms with Crippen LogP contribution in [-0.4, -0.2) is 39.9 Å². The summed E-state index contributed by atoms with van der Waals surface area (Å²) in [5, 5.41) is 6.83. The minimum absolute atomic E-state index is 0.0476. The average molecular weight is 469 g/mol. The number of piperidine rings is 1. The number of anilines is 1. The van der Waals surface area contributed by atoms with E-state index in [-0.39, 0.29) is 17.7 Å². The molecule has 1 saturated heterocycles. The van der Waals surface area contributed by atoms with Crippen LogP contribution in [0.15, 0.2) is 57.5 Å². The first kappa shape index (κ1) is 20.3. The molecule has 2 amide bonds. The summed E-state index contributed by atoms with van der Waals surface area (Å²) in [6, 6.07) is 14.7. The Morgan fingerprint density at radius 3 is 2.37 bits per heavy atom. The third-order valence-electron chi connectivity index (χ3n) is 5.13. The molecule has 0 atom stereocenters. The molecule has 0 saturated carbocycles. The molecule has 154 valence electrons. The Labute approximate surface area is 182 Å². The minimum atomic E-state index is -0.116. The van der Waals surface area contributed by atoms with Gasteiger partial charge in [-0.15, -0.1) is 0 Å². The average Bonchev–Trinajstić information content (AvgIpc) is 3.24. The van der Waals surface area contributed by atoms with Gasteiger partial charge in [-0.05, 0) is 61.4 Å². The quantitative estimate of drug-likeness (QED) is 0.609. The number of carbonyl (C=O) groups excluding carboxylic acids is 2. The van der Waals surface area contributed by atoms with Crippen molar-refractivity contribution in [2.75, 3.05) is 18.4 Å². The van der Waals surface area contributed by atoms with Gasteiger partial charge in [0.15, 0.2) is 0 Å². The SMILES string of the molecule is CC(=O)Nc1ccc(-c2noc(C3CCN(C(=O)c4ccc(Br)cc4)CC3)n2)cc1. The van der Waals surface area contributed by atoms with Crippen molar-refractivity contribution in [2.45, 2.75) is 25.7 Å². The summed E-state index contributed by atoms with van der Waals surface area (Å²) in [5.74, 6) is 1.19. The first-order valence-electron chi connectivity index (χ1n) is 9.76. The lowest BCUT2D eigenvalue weighted by Gasteiger charge is -2.30. The lowest BCUT2D eigenvalue weighted by atomic mass is 9.96. The van der Waals surface area contributed by atoms with Gasteiger partial charge in [0, 0.05) is 47.2 Å². The zero-order valence-electron chi connectivity index (χ0n) is 16.5. The highest BCUT2D eigenvalue weighted by molar-refractivity contribution is 9.10. The number of carbonyl (C=O) groups is 2. The van der Waals surface area contributed by atoms with Crippen LogP contribution in [0.4, 0.5) is 5.69 Å². The predicted molar refractivity (Wildman–Crippen MR) is 116 cm³/mol. The fourth-order valence-corrected chi connectivity index (χ4v) is 3.79. The number of aromatic nitrogens is 2. The maximum absolute atomic E-state index is 12.7. The molecule has 30 heavy (non-hydrogen) atoms. The van der Waals surface area contributed by atoms with Crippen molar-refractivity contribution >= 4 is 33.4 Å². The molecule has 1 fully saturated rings. The monoisotopic (exact) mass is 468 g/mol. The largest absolute Gasteiger partial charge is 0.339 e. The Kier molecular flexibility index (Phi) is 5.94. The van der Waals surface area contributed by atoms with E-state index in [1.54, 1.807) is 12.1 Å². The van der Waals surface area contributed by atoms with Gasteiger partial charge in [-0.25, -0.2) is 0 Å². The highest BCUT2D eigenvalue weighted by Gasteiger charge is 2.28. The lowest BCUT2D eigenvalue weighted by Crippen LogP contribution is -2.37. The summed E-state index contributed by atoms with van der Waals surface area (Å²) in [7, 11) is 0. The van der Waals surface area contributed by atoms with E-state index < -0.39 is 0 Å². The molecule has 4 rings (SSSR count). The molecule has 1 aromatic heterocycles. The summed E-state index contributed by atoms with van der Waals surface area (Å²) in [4.78, 5) is 30.2. The molecule has 0 aliphatic carbocycles. The van der Waals surface area contributed by atoms with E-state index in [9.17, 15) is 9.59 Å². The van der Waals surface area contributed by atoms with Gasteiger partial charge in [0.1, 0.15) is 0 Å². The summed E-state index contributed by atoms with van der Waals surface area (Å²) in [5.41, 5.74) is 2.24. The summed E-state index contributed by atoms with van der Waals surface area (Å²) in [6.07, 6.45) is 1.57. The van der Waals surface area contributed by atoms with E-state index in [0.717, 1.165) is 28.6 Å². The number of nitrogens with zero attached hydrogens (tertiary/aromatic N) is 3. The fraction of sp³-hybridized carbons (Fsp3) is 0.273. The Bertz CT molecular complexity index is 1040. The molecule has 0 radical (unpaired) electrons. The normalized spacial score (nSPS) is 14.5. The van der Waals surface area contributed by atoms with Gasteiger partial charge in [0.05, 0.1) is 0 Å². The molecule has 0 unspecified atom stereocenters. The number of amides is 2. The van der Waals surface area contributed by atoms with E-state index in [0.29, 0.717) is 30.4 Å². The number of nitrogens with one attached hydrogen (secondary N) is 1. The van der Waals surface area contributed by atoms with Crippen LogP contribution in [0.1, 0.15) is 41.9 Å². The highest BCUT2D eigenvalue weighted by Crippen LogP contribution is 2.29. The molecule has 7 nitrogen and oxygen atoms in total. The maximum atomic E-state index is 12.7. The summed E-state index contributed by atoms with van der Waals surface area (Å²) >= 11 is 3.39. The van der Waals surface area contributed by atoms with Crippen LogP contribution in [0.5, 0.6) is 0 Å². The van der Waals surface area contributed by atoms with E-state index in [2.05, 4.69) is 31.4 Å². The Balaban J connectivity index is 1.37. The second-order valence-electron chi connectivity index (χ2n) is 7.29. The van der Waals surface area contributed by atoms with E-state index in [4.69, 9.17) is 4.52 Å². The first-order valence-corrected chi connectivity index (χ1v) is 10.6. The van der Waals surface area contributed by atoms with Crippen molar-refractivity contribution in [3.8, 4) is 11.4 Å². The second kappa shape index (κ2) is 8.79. The van der Waals surface area contributed by atoms with Gasteiger partial charge in [0.25, 0.3) is 5.91 Å². The standard InChI is InChI=1S/C22H21BrN4O3/c1-14(28)24-19-8-4-15(5-9-19)20-25-21(30-26-20)16-10-12-27(13-11-16)22(29)17-2-6-18(23)7-3-17/h2-9,16H,10-13H2,1H3,(H,24,28). The third kappa shape index (κ3) is 4.59. The number of rotatable bonds is 4. The van der Waals surface area contributed by atoms with E-state index in [1.165, 1.54) is 6.92 Å². The van der Waals surface area contributed by atoms with Crippen molar-refractivity contribution in [1.82, 2.24) is 15.0 Å². The number of benzene rings is 2. The van der Waals surface area contributed by atoms with Crippen LogP contribution < -0.4 is 5.32 Å². The van der Waals surface area contributed by atoms with Crippen molar-refractivity contribution < 1.29 is 14.1 Å². The zero-order chi connectivity index (χ0) is 21.1. The third-order valence-corrected chi connectivity index (χ3v) is 5.66. The van der Waals surface area contributed by atoms with Crippen LogP contribution >= 0.6 is 15.9 Å². The molecule has 0 bridgehead atoms. The van der Waals surface area contributed by atoms with Gasteiger partial charge < -0.3 is 14.7 Å². The second-order valence-corrected chi connectivity index (χ2v) is 8.20. The molecular formula is C22H21BrN4O3. The topological polar surface area (TPSA) is 88.3 Å². The maximum Gasteiger partial charge on any atom is 0.253 e. The van der Waals surface area contributed by atoms with Crippen molar-refractivity contribution in [2.24, 2.45) is 0 Å². The predicted octanol–water partition coefficient (Wildman–Crippen LogP) is 4.48. The van der Waals surface area contributed by atoms with Gasteiger partial charge in [0.2, 0.25) is 17.6 Å². The van der Waals surface area contributed by atoms with Crippen LogP contribution in [0, 0.1) is 0 Å². The number of hydrogen-bond acceptors (Lipinski definition) is 5. The van der Waals surface area contributed by atoms with Crippen molar-refractivity contribution in [3.63, 3.8) is 0 Å². The molecule has 2 heterocycles. The number of likely N-dealkylation sites (tertiary alicyclic amines) is 1. The highest BCUT2D eigenvalue weighted by atomic mass is 79.9. The minimum Gasteiger partial charge on any atom is -0.339 e. The lowest BCUT2D eigenvalue weighted by molar-refractivity contribution is -0.114. The smallest absolute Gasteiger partial charge is 0.253 e. The summed E-state index contributed by atoms with van der Waals surface area (Å²) in [6.45, 7) is 2.78. The van der Waals surface area contributed by atoms with Gasteiger partial charge >= 0.3 is 0 Å². The molecular weight excluding hydrogens is 448 g/mol.